The quantitative estimate of drug-likeness (QED) is 0.869. The number of hydrogen-bond donors (Lipinski definition) is 1. The molecular formula is C17H20N2O. The van der Waals surface area contributed by atoms with E-state index in [9.17, 15) is 0 Å². The van der Waals surface area contributed by atoms with E-state index in [-0.39, 0.29) is 0 Å². The molecule has 3 rings (SSSR count). The molecule has 0 amide bonds. The van der Waals surface area contributed by atoms with E-state index < -0.39 is 0 Å². The maximum atomic E-state index is 5.94. The van der Waals surface area contributed by atoms with Crippen molar-refractivity contribution in [3.8, 4) is 5.75 Å². The molecule has 2 aromatic rings. The summed E-state index contributed by atoms with van der Waals surface area (Å²) in [7, 11) is 1.67. The van der Waals surface area contributed by atoms with Crippen LogP contribution in [-0.4, -0.2) is 13.2 Å². The molecule has 3 nitrogen and oxygen atoms in total. The Kier molecular flexibility index (Phi) is 3.26. The Labute approximate surface area is 120 Å². The van der Waals surface area contributed by atoms with Crippen molar-refractivity contribution >= 4 is 11.4 Å². The van der Waals surface area contributed by atoms with E-state index in [0.717, 1.165) is 24.4 Å². The summed E-state index contributed by atoms with van der Waals surface area (Å²) < 4.78 is 5.30. The molecule has 0 bridgehead atoms. The second kappa shape index (κ2) is 5.08. The van der Waals surface area contributed by atoms with Crippen molar-refractivity contribution in [1.82, 2.24) is 0 Å². The number of nitrogen functional groups attached to an aromatic ring is 1. The van der Waals surface area contributed by atoms with Crippen molar-refractivity contribution in [3.63, 3.8) is 0 Å². The molecular weight excluding hydrogens is 248 g/mol. The molecule has 0 aliphatic carbocycles. The van der Waals surface area contributed by atoms with Gasteiger partial charge in [-0.2, -0.15) is 0 Å². The standard InChI is InChI=1S/C17H20N2O/c1-12-7-14-5-3-4-6-17(14)19(12)11-13-8-15(18)10-16(9-13)20-2/h3-6,8-10,12H,7,11,18H2,1-2H3. The van der Waals surface area contributed by atoms with E-state index in [1.54, 1.807) is 7.11 Å². The van der Waals surface area contributed by atoms with Gasteiger partial charge in [0.05, 0.1) is 7.11 Å². The van der Waals surface area contributed by atoms with Crippen LogP contribution < -0.4 is 15.4 Å². The number of nitrogens with zero attached hydrogens (tertiary/aromatic N) is 1. The Balaban J connectivity index is 1.90. The fraction of sp³-hybridized carbons (Fsp3) is 0.294. The van der Waals surface area contributed by atoms with Crippen LogP contribution in [0, 0.1) is 0 Å². The van der Waals surface area contributed by atoms with Gasteiger partial charge in [-0.1, -0.05) is 18.2 Å². The minimum atomic E-state index is 0.514. The van der Waals surface area contributed by atoms with Gasteiger partial charge in [0.15, 0.2) is 0 Å². The van der Waals surface area contributed by atoms with E-state index in [4.69, 9.17) is 10.5 Å². The van der Waals surface area contributed by atoms with Crippen molar-refractivity contribution in [1.29, 1.82) is 0 Å². The Hall–Kier alpha value is -2.16. The lowest BCUT2D eigenvalue weighted by atomic mass is 10.1. The Morgan fingerprint density at radius 1 is 1.25 bits per heavy atom. The molecule has 1 unspecified atom stereocenters. The molecule has 3 heteroatoms. The highest BCUT2D eigenvalue weighted by molar-refractivity contribution is 5.60. The molecule has 0 aromatic heterocycles. The van der Waals surface area contributed by atoms with Crippen LogP contribution in [0.25, 0.3) is 0 Å². The van der Waals surface area contributed by atoms with Crippen LogP contribution in [0.5, 0.6) is 5.75 Å². The first kappa shape index (κ1) is 12.9. The van der Waals surface area contributed by atoms with E-state index >= 15 is 0 Å². The molecule has 0 fully saturated rings. The van der Waals surface area contributed by atoms with Crippen LogP contribution >= 0.6 is 0 Å². The second-order valence-electron chi connectivity index (χ2n) is 5.42. The molecule has 1 aliphatic rings. The molecule has 2 aromatic carbocycles. The monoisotopic (exact) mass is 268 g/mol. The number of hydrogen-bond acceptors (Lipinski definition) is 3. The highest BCUT2D eigenvalue weighted by atomic mass is 16.5. The maximum absolute atomic E-state index is 5.94. The van der Waals surface area contributed by atoms with Gasteiger partial charge in [0, 0.05) is 30.0 Å². The topological polar surface area (TPSA) is 38.5 Å². The number of benzene rings is 2. The Morgan fingerprint density at radius 2 is 2.05 bits per heavy atom. The van der Waals surface area contributed by atoms with Crippen molar-refractivity contribution in [2.75, 3.05) is 17.7 Å². The zero-order valence-electron chi connectivity index (χ0n) is 12.0. The molecule has 1 heterocycles. The van der Waals surface area contributed by atoms with Gasteiger partial charge < -0.3 is 15.4 Å². The molecule has 0 saturated carbocycles. The largest absolute Gasteiger partial charge is 0.497 e. The zero-order valence-corrected chi connectivity index (χ0v) is 12.0. The summed E-state index contributed by atoms with van der Waals surface area (Å²) in [6.45, 7) is 3.13. The molecule has 1 aliphatic heterocycles. The first-order valence-electron chi connectivity index (χ1n) is 6.95. The lowest BCUT2D eigenvalue weighted by Gasteiger charge is -2.25. The third kappa shape index (κ3) is 2.31. The van der Waals surface area contributed by atoms with E-state index in [1.807, 2.05) is 12.1 Å². The van der Waals surface area contributed by atoms with Crippen LogP contribution in [0.1, 0.15) is 18.1 Å². The van der Waals surface area contributed by atoms with Crippen molar-refractivity contribution in [2.24, 2.45) is 0 Å². The van der Waals surface area contributed by atoms with Crippen LogP contribution in [0.2, 0.25) is 0 Å². The number of anilines is 2. The van der Waals surface area contributed by atoms with Crippen LogP contribution in [-0.2, 0) is 13.0 Å². The van der Waals surface area contributed by atoms with Gasteiger partial charge in [0.25, 0.3) is 0 Å². The summed E-state index contributed by atoms with van der Waals surface area (Å²) in [5, 5.41) is 0. The summed E-state index contributed by atoms with van der Waals surface area (Å²) in [5.74, 6) is 0.820. The van der Waals surface area contributed by atoms with Crippen molar-refractivity contribution < 1.29 is 4.74 Å². The normalized spacial score (nSPS) is 17.1. The number of para-hydroxylation sites is 1. The first-order valence-corrected chi connectivity index (χ1v) is 6.95. The fourth-order valence-electron chi connectivity index (χ4n) is 2.96. The molecule has 104 valence electrons. The fourth-order valence-corrected chi connectivity index (χ4v) is 2.96. The summed E-state index contributed by atoms with van der Waals surface area (Å²) >= 11 is 0. The van der Waals surface area contributed by atoms with Crippen LogP contribution in [0.4, 0.5) is 11.4 Å². The average Bonchev–Trinajstić information content (AvgIpc) is 2.75. The number of rotatable bonds is 3. The van der Waals surface area contributed by atoms with Crippen LogP contribution in [0.15, 0.2) is 42.5 Å². The third-order valence-electron chi connectivity index (χ3n) is 3.93. The number of fused-ring (bicyclic) bond motifs is 1. The molecule has 2 N–H and O–H groups in total. The Bertz CT molecular complexity index is 624. The minimum absolute atomic E-state index is 0.514. The molecule has 0 spiro atoms. The highest BCUT2D eigenvalue weighted by Crippen LogP contribution is 2.33. The van der Waals surface area contributed by atoms with Gasteiger partial charge in [-0.25, -0.2) is 0 Å². The SMILES string of the molecule is COc1cc(N)cc(CN2c3ccccc3CC2C)c1. The summed E-state index contributed by atoms with van der Waals surface area (Å²) in [4.78, 5) is 2.43. The molecule has 0 saturated heterocycles. The van der Waals surface area contributed by atoms with Crippen molar-refractivity contribution in [3.05, 3.63) is 53.6 Å². The maximum Gasteiger partial charge on any atom is 0.121 e. The summed E-state index contributed by atoms with van der Waals surface area (Å²) in [6.07, 6.45) is 1.11. The first-order chi connectivity index (χ1) is 9.67. The predicted octanol–water partition coefficient (Wildman–Crippen LogP) is 3.23. The molecule has 20 heavy (non-hydrogen) atoms. The van der Waals surface area contributed by atoms with Crippen molar-refractivity contribution in [2.45, 2.75) is 25.9 Å². The summed E-state index contributed by atoms with van der Waals surface area (Å²) in [6, 6.07) is 15.1. The summed E-state index contributed by atoms with van der Waals surface area (Å²) in [5.41, 5.74) is 10.6. The minimum Gasteiger partial charge on any atom is -0.497 e. The number of methoxy groups -OCH3 is 1. The van der Waals surface area contributed by atoms with E-state index in [2.05, 4.69) is 42.2 Å². The Morgan fingerprint density at radius 3 is 2.85 bits per heavy atom. The lowest BCUT2D eigenvalue weighted by molar-refractivity contribution is 0.414. The van der Waals surface area contributed by atoms with Gasteiger partial charge in [-0.3, -0.25) is 0 Å². The lowest BCUT2D eigenvalue weighted by Crippen LogP contribution is -2.28. The molecule has 1 atom stereocenters. The van der Waals surface area contributed by atoms with Gasteiger partial charge >= 0.3 is 0 Å². The molecule has 0 radical (unpaired) electrons. The predicted molar refractivity (Wildman–Crippen MR) is 83.2 cm³/mol. The average molecular weight is 268 g/mol. The third-order valence-corrected chi connectivity index (χ3v) is 3.93. The smallest absolute Gasteiger partial charge is 0.121 e. The number of ether oxygens (including phenoxy) is 1. The van der Waals surface area contributed by atoms with E-state index in [0.29, 0.717) is 6.04 Å². The van der Waals surface area contributed by atoms with Gasteiger partial charge in [0.1, 0.15) is 5.75 Å². The van der Waals surface area contributed by atoms with E-state index in [1.165, 1.54) is 16.8 Å². The van der Waals surface area contributed by atoms with Crippen LogP contribution in [0.3, 0.4) is 0 Å². The highest BCUT2D eigenvalue weighted by Gasteiger charge is 2.25. The number of nitrogens with two attached hydrogens (primary N) is 1. The van der Waals surface area contributed by atoms with Gasteiger partial charge in [-0.05, 0) is 42.7 Å². The van der Waals surface area contributed by atoms with Gasteiger partial charge in [0.2, 0.25) is 0 Å². The van der Waals surface area contributed by atoms with Gasteiger partial charge in [-0.15, -0.1) is 0 Å². The second-order valence-corrected chi connectivity index (χ2v) is 5.42. The zero-order chi connectivity index (χ0) is 14.1.